The maximum atomic E-state index is 11.4. The minimum absolute atomic E-state index is 1.99. The zero-order valence-corrected chi connectivity index (χ0v) is 4.68. The van der Waals surface area contributed by atoms with Crippen LogP contribution in [0.15, 0.2) is 0 Å². The molecule has 1 radical (unpaired) electrons. The molecule has 0 aromatic heterocycles. The molecule has 0 fully saturated rings. The fourth-order valence-electron chi connectivity index (χ4n) is 0.189. The first-order valence-electron chi connectivity index (χ1n) is 2.13. The molecule has 0 spiro atoms. The normalized spacial score (nSPS) is 14.4. The molecule has 1 unspecified atom stereocenters. The largest absolute Gasteiger partial charge is 0.506 e. The summed E-state index contributed by atoms with van der Waals surface area (Å²) in [5.74, 6) is 0. The highest BCUT2D eigenvalue weighted by Gasteiger charge is 2.39. The second-order valence-corrected chi connectivity index (χ2v) is 1.41. The van der Waals surface area contributed by atoms with Gasteiger partial charge in [0.05, 0.1) is 0 Å². The fourth-order valence-corrected chi connectivity index (χ4v) is 0.189. The molecule has 1 N–H and O–H groups in total. The number of carbonyl (C=O) groups is 1. The van der Waals surface area contributed by atoms with Crippen molar-refractivity contribution < 1.29 is 27.8 Å². The van der Waals surface area contributed by atoms with Crippen LogP contribution in [0.4, 0.5) is 18.0 Å². The third-order valence-corrected chi connectivity index (χ3v) is 0.608. The summed E-state index contributed by atoms with van der Waals surface area (Å²) in [7, 11) is 0. The van der Waals surface area contributed by atoms with Gasteiger partial charge in [-0.1, -0.05) is 0 Å². The molecule has 10 heavy (non-hydrogen) atoms. The van der Waals surface area contributed by atoms with Crippen molar-refractivity contribution in [3.63, 3.8) is 0 Å². The highest BCUT2D eigenvalue weighted by Crippen LogP contribution is 2.21. The van der Waals surface area contributed by atoms with Gasteiger partial charge in [0.1, 0.15) is 0 Å². The lowest BCUT2D eigenvalue weighted by Gasteiger charge is -2.13. The third kappa shape index (κ3) is 3.16. The topological polar surface area (TPSA) is 46.5 Å². The van der Waals surface area contributed by atoms with Gasteiger partial charge in [0.25, 0.3) is 0 Å². The lowest BCUT2D eigenvalue weighted by atomic mass is 10.4. The Morgan fingerprint density at radius 1 is 1.60 bits per heavy atom. The van der Waals surface area contributed by atoms with E-state index >= 15 is 0 Å². The lowest BCUT2D eigenvalue weighted by Crippen LogP contribution is -2.30. The van der Waals surface area contributed by atoms with Crippen molar-refractivity contribution in [3.05, 3.63) is 6.92 Å². The predicted octanol–water partition coefficient (Wildman–Crippen LogP) is 1.45. The molecule has 0 heterocycles. The summed E-state index contributed by atoms with van der Waals surface area (Å²) in [4.78, 5) is 9.49. The standard InChI is InChI=1S/C4H4F3O3/c1-2(4(5,6)7)10-3(8)9/h2H,1H2,(H,8,9). The molecule has 0 aliphatic carbocycles. The van der Waals surface area contributed by atoms with Crippen LogP contribution in [-0.4, -0.2) is 23.5 Å². The monoisotopic (exact) mass is 157 g/mol. The van der Waals surface area contributed by atoms with Gasteiger partial charge in [0.15, 0.2) is 0 Å². The van der Waals surface area contributed by atoms with Crippen LogP contribution >= 0.6 is 0 Å². The Labute approximate surface area is 54.4 Å². The van der Waals surface area contributed by atoms with Gasteiger partial charge in [-0.25, -0.2) is 4.79 Å². The fraction of sp³-hybridized carbons (Fsp3) is 0.500. The molecule has 1 atom stereocenters. The number of carboxylic acid groups (broad SMARTS) is 1. The van der Waals surface area contributed by atoms with E-state index in [1.54, 1.807) is 0 Å². The van der Waals surface area contributed by atoms with Gasteiger partial charge in [0, 0.05) is 0 Å². The predicted molar refractivity (Wildman–Crippen MR) is 24.3 cm³/mol. The van der Waals surface area contributed by atoms with Crippen molar-refractivity contribution >= 4 is 6.16 Å². The van der Waals surface area contributed by atoms with Crippen molar-refractivity contribution in [2.24, 2.45) is 0 Å². The lowest BCUT2D eigenvalue weighted by molar-refractivity contribution is -0.192. The highest BCUT2D eigenvalue weighted by atomic mass is 19.4. The van der Waals surface area contributed by atoms with Gasteiger partial charge in [-0.3, -0.25) is 0 Å². The van der Waals surface area contributed by atoms with E-state index in [4.69, 9.17) is 5.11 Å². The second-order valence-electron chi connectivity index (χ2n) is 1.41. The number of hydrogen-bond acceptors (Lipinski definition) is 2. The molecule has 0 saturated heterocycles. The first-order chi connectivity index (χ1) is 4.34. The van der Waals surface area contributed by atoms with Crippen LogP contribution in [0.2, 0.25) is 0 Å². The SMILES string of the molecule is [CH2]C(OC(=O)O)C(F)(F)F. The Morgan fingerprint density at radius 3 is 2.10 bits per heavy atom. The first kappa shape index (κ1) is 9.06. The summed E-state index contributed by atoms with van der Waals surface area (Å²) in [5.41, 5.74) is 0. The van der Waals surface area contributed by atoms with Crippen LogP contribution in [0.5, 0.6) is 0 Å². The Kier molecular flexibility index (Phi) is 2.50. The third-order valence-electron chi connectivity index (χ3n) is 0.608. The van der Waals surface area contributed by atoms with E-state index in [1.165, 1.54) is 0 Å². The molecular weight excluding hydrogens is 153 g/mol. The first-order valence-corrected chi connectivity index (χ1v) is 2.13. The molecule has 0 rings (SSSR count). The molecule has 0 bridgehead atoms. The average Bonchev–Trinajstić information content (AvgIpc) is 1.60. The van der Waals surface area contributed by atoms with Crippen molar-refractivity contribution in [1.82, 2.24) is 0 Å². The van der Waals surface area contributed by atoms with Crippen LogP contribution in [0, 0.1) is 6.92 Å². The van der Waals surface area contributed by atoms with Crippen LogP contribution in [0.3, 0.4) is 0 Å². The zero-order valence-electron chi connectivity index (χ0n) is 4.68. The van der Waals surface area contributed by atoms with Gasteiger partial charge in [-0.15, -0.1) is 0 Å². The molecule has 0 aromatic carbocycles. The van der Waals surface area contributed by atoms with E-state index < -0.39 is 18.4 Å². The van der Waals surface area contributed by atoms with Crippen molar-refractivity contribution in [3.8, 4) is 0 Å². The molecule has 0 aliphatic rings. The minimum Gasteiger partial charge on any atom is -0.450 e. The number of rotatable bonds is 1. The van der Waals surface area contributed by atoms with E-state index in [0.29, 0.717) is 0 Å². The maximum absolute atomic E-state index is 11.4. The van der Waals surface area contributed by atoms with Crippen LogP contribution < -0.4 is 0 Å². The molecule has 6 heteroatoms. The van der Waals surface area contributed by atoms with Gasteiger partial charge < -0.3 is 9.84 Å². The molecule has 3 nitrogen and oxygen atoms in total. The van der Waals surface area contributed by atoms with Gasteiger partial charge >= 0.3 is 12.3 Å². The number of halogens is 3. The van der Waals surface area contributed by atoms with Crippen LogP contribution in [0.1, 0.15) is 0 Å². The smallest absolute Gasteiger partial charge is 0.450 e. The highest BCUT2D eigenvalue weighted by molar-refractivity contribution is 5.57. The minimum atomic E-state index is -4.72. The Balaban J connectivity index is 3.85. The quantitative estimate of drug-likeness (QED) is 0.586. The van der Waals surface area contributed by atoms with E-state index in [-0.39, 0.29) is 0 Å². The van der Waals surface area contributed by atoms with Gasteiger partial charge in [-0.2, -0.15) is 13.2 Å². The van der Waals surface area contributed by atoms with E-state index in [1.807, 2.05) is 0 Å². The van der Waals surface area contributed by atoms with E-state index in [0.717, 1.165) is 0 Å². The van der Waals surface area contributed by atoms with Gasteiger partial charge in [-0.05, 0) is 6.92 Å². The summed E-state index contributed by atoms with van der Waals surface area (Å²) in [6, 6.07) is 0. The van der Waals surface area contributed by atoms with Crippen LogP contribution in [-0.2, 0) is 4.74 Å². The Hall–Kier alpha value is -0.940. The van der Waals surface area contributed by atoms with Crippen LogP contribution in [0.25, 0.3) is 0 Å². The number of hydrogen-bond donors (Lipinski definition) is 1. The van der Waals surface area contributed by atoms with E-state index in [2.05, 4.69) is 11.7 Å². The van der Waals surface area contributed by atoms with Crippen molar-refractivity contribution in [2.75, 3.05) is 0 Å². The summed E-state index contributed by atoms with van der Waals surface area (Å²) >= 11 is 0. The van der Waals surface area contributed by atoms with Gasteiger partial charge in [0.2, 0.25) is 6.10 Å². The molecule has 0 aliphatic heterocycles. The Morgan fingerprint density at radius 2 is 2.00 bits per heavy atom. The summed E-state index contributed by atoms with van der Waals surface area (Å²) in [6.45, 7) is 2.42. The van der Waals surface area contributed by atoms with Crippen molar-refractivity contribution in [1.29, 1.82) is 0 Å². The molecule has 0 amide bonds. The summed E-state index contributed by atoms with van der Waals surface area (Å²) in [5, 5.41) is 7.68. The molecular formula is C4H4F3O3. The van der Waals surface area contributed by atoms with E-state index in [9.17, 15) is 18.0 Å². The maximum Gasteiger partial charge on any atom is 0.506 e. The number of ether oxygens (including phenoxy) is 1. The molecule has 0 saturated carbocycles. The molecule has 59 valence electrons. The number of alkyl halides is 3. The summed E-state index contributed by atoms with van der Waals surface area (Å²) in [6.07, 6.45) is -9.22. The zero-order chi connectivity index (χ0) is 8.36. The summed E-state index contributed by atoms with van der Waals surface area (Å²) < 4.78 is 37.4. The second kappa shape index (κ2) is 2.76. The molecule has 0 aromatic rings. The Bertz CT molecular complexity index is 130. The average molecular weight is 157 g/mol. The van der Waals surface area contributed by atoms with Crippen molar-refractivity contribution in [2.45, 2.75) is 12.3 Å².